The molecule has 1 aromatic rings. The summed E-state index contributed by atoms with van der Waals surface area (Å²) in [4.78, 5) is 14.1. The lowest BCUT2D eigenvalue weighted by molar-refractivity contribution is -0.00428. The third kappa shape index (κ3) is 6.01. The minimum Gasteiger partial charge on any atom is -0.393 e. The van der Waals surface area contributed by atoms with E-state index in [-0.39, 0.29) is 12.1 Å². The molecular formula is C17H25ClN2O3. The van der Waals surface area contributed by atoms with Gasteiger partial charge in [0.05, 0.1) is 25.4 Å². The molecule has 0 aliphatic carbocycles. The lowest BCUT2D eigenvalue weighted by Crippen LogP contribution is -2.53. The maximum atomic E-state index is 12.3. The zero-order valence-electron chi connectivity index (χ0n) is 13.5. The Labute approximate surface area is 142 Å². The fourth-order valence-corrected chi connectivity index (χ4v) is 2.88. The predicted molar refractivity (Wildman–Crippen MR) is 90.8 cm³/mol. The molecule has 0 radical (unpaired) electrons. The van der Waals surface area contributed by atoms with Gasteiger partial charge in [-0.25, -0.2) is 4.79 Å². The number of nitrogens with one attached hydrogen (secondary N) is 1. The Morgan fingerprint density at radius 3 is 2.91 bits per heavy atom. The molecule has 0 bridgehead atoms. The van der Waals surface area contributed by atoms with Gasteiger partial charge in [0.15, 0.2) is 0 Å². The molecule has 2 amide bonds. The van der Waals surface area contributed by atoms with E-state index in [4.69, 9.17) is 16.3 Å². The third-order valence-corrected chi connectivity index (χ3v) is 4.19. The molecule has 2 N–H and O–H groups in total. The first-order valence-corrected chi connectivity index (χ1v) is 8.49. The minimum absolute atomic E-state index is 0.0555. The van der Waals surface area contributed by atoms with Crippen LogP contribution in [0.1, 0.15) is 25.3 Å². The molecule has 1 fully saturated rings. The number of aliphatic hydroxyl groups is 1. The van der Waals surface area contributed by atoms with Crippen LogP contribution >= 0.6 is 11.6 Å². The molecule has 6 heteroatoms. The lowest BCUT2D eigenvalue weighted by Gasteiger charge is -2.36. The van der Waals surface area contributed by atoms with E-state index < -0.39 is 6.10 Å². The van der Waals surface area contributed by atoms with Crippen LogP contribution in [0.2, 0.25) is 5.02 Å². The van der Waals surface area contributed by atoms with E-state index >= 15 is 0 Å². The number of hydrogen-bond donors (Lipinski definition) is 2. The Hall–Kier alpha value is -1.30. The van der Waals surface area contributed by atoms with Gasteiger partial charge in [0, 0.05) is 18.1 Å². The summed E-state index contributed by atoms with van der Waals surface area (Å²) in [5.41, 5.74) is 1.21. The van der Waals surface area contributed by atoms with Crippen LogP contribution in [-0.2, 0) is 11.2 Å². The zero-order valence-corrected chi connectivity index (χ0v) is 14.3. The minimum atomic E-state index is -0.443. The Morgan fingerprint density at radius 1 is 1.48 bits per heavy atom. The molecule has 1 heterocycles. The maximum absolute atomic E-state index is 12.3. The second-order valence-electron chi connectivity index (χ2n) is 5.97. The van der Waals surface area contributed by atoms with Crippen molar-refractivity contribution in [1.29, 1.82) is 0 Å². The topological polar surface area (TPSA) is 61.8 Å². The van der Waals surface area contributed by atoms with Crippen molar-refractivity contribution in [3.8, 4) is 0 Å². The average molecular weight is 341 g/mol. The average Bonchev–Trinajstić information content (AvgIpc) is 2.53. The smallest absolute Gasteiger partial charge is 0.317 e. The number of hydrogen-bond acceptors (Lipinski definition) is 3. The van der Waals surface area contributed by atoms with Gasteiger partial charge in [0.2, 0.25) is 0 Å². The van der Waals surface area contributed by atoms with Crippen molar-refractivity contribution in [2.75, 3.05) is 26.3 Å². The Kier molecular flexibility index (Phi) is 7.15. The van der Waals surface area contributed by atoms with Crippen molar-refractivity contribution in [2.24, 2.45) is 0 Å². The number of urea groups is 1. The number of ether oxygens (including phenoxy) is 1. The van der Waals surface area contributed by atoms with Gasteiger partial charge in [-0.2, -0.15) is 0 Å². The van der Waals surface area contributed by atoms with Gasteiger partial charge in [0.25, 0.3) is 0 Å². The summed E-state index contributed by atoms with van der Waals surface area (Å²) < 4.78 is 5.41. The van der Waals surface area contributed by atoms with Gasteiger partial charge in [-0.15, -0.1) is 0 Å². The Balaban J connectivity index is 1.73. The summed E-state index contributed by atoms with van der Waals surface area (Å²) >= 11 is 5.86. The van der Waals surface area contributed by atoms with Crippen molar-refractivity contribution >= 4 is 17.6 Å². The van der Waals surface area contributed by atoms with Gasteiger partial charge in [-0.05, 0) is 43.9 Å². The molecule has 0 spiro atoms. The second-order valence-corrected chi connectivity index (χ2v) is 6.41. The molecule has 0 saturated carbocycles. The van der Waals surface area contributed by atoms with E-state index in [1.807, 2.05) is 24.3 Å². The first-order valence-electron chi connectivity index (χ1n) is 8.11. The number of carbonyl (C=O) groups excluding carboxylic acids is 1. The number of benzene rings is 1. The number of aliphatic hydroxyl groups excluding tert-OH is 1. The van der Waals surface area contributed by atoms with Gasteiger partial charge < -0.3 is 20.1 Å². The highest BCUT2D eigenvalue weighted by Gasteiger charge is 2.27. The Morgan fingerprint density at radius 2 is 2.22 bits per heavy atom. The summed E-state index contributed by atoms with van der Waals surface area (Å²) in [6.45, 7) is 3.97. The van der Waals surface area contributed by atoms with E-state index in [1.54, 1.807) is 11.8 Å². The largest absolute Gasteiger partial charge is 0.393 e. The molecule has 0 unspecified atom stereocenters. The van der Waals surface area contributed by atoms with E-state index in [1.165, 1.54) is 5.56 Å². The number of halogens is 1. The van der Waals surface area contributed by atoms with Gasteiger partial charge in [0.1, 0.15) is 0 Å². The lowest BCUT2D eigenvalue weighted by atomic mass is 10.1. The van der Waals surface area contributed by atoms with Crippen LogP contribution in [0.3, 0.4) is 0 Å². The van der Waals surface area contributed by atoms with Crippen molar-refractivity contribution in [3.05, 3.63) is 34.9 Å². The number of nitrogens with zero attached hydrogens (tertiary/aromatic N) is 1. The van der Waals surface area contributed by atoms with Crippen molar-refractivity contribution in [1.82, 2.24) is 10.2 Å². The SMILES string of the molecule is C[C@H](O)C[C@@H]1COCCN1C(=O)NCCCc1ccc(Cl)cc1. The van der Waals surface area contributed by atoms with E-state index in [0.29, 0.717) is 32.7 Å². The van der Waals surface area contributed by atoms with Crippen LogP contribution in [0.5, 0.6) is 0 Å². The van der Waals surface area contributed by atoms with Crippen LogP contribution in [0.25, 0.3) is 0 Å². The summed E-state index contributed by atoms with van der Waals surface area (Å²) in [6, 6.07) is 7.64. The summed E-state index contributed by atoms with van der Waals surface area (Å²) in [7, 11) is 0. The van der Waals surface area contributed by atoms with Crippen molar-refractivity contribution in [3.63, 3.8) is 0 Å². The summed E-state index contributed by atoms with van der Waals surface area (Å²) in [5.74, 6) is 0. The molecule has 23 heavy (non-hydrogen) atoms. The molecule has 5 nitrogen and oxygen atoms in total. The standard InChI is InChI=1S/C17H25ClN2O3/c1-13(21)11-16-12-23-10-9-20(16)17(22)19-8-2-3-14-4-6-15(18)7-5-14/h4-7,13,16,21H,2-3,8-12H2,1H3,(H,19,22)/t13-,16+/m0/s1. The van der Waals surface area contributed by atoms with Gasteiger partial charge >= 0.3 is 6.03 Å². The number of amides is 2. The van der Waals surface area contributed by atoms with Gasteiger partial charge in [-0.1, -0.05) is 23.7 Å². The summed E-state index contributed by atoms with van der Waals surface area (Å²) in [6.07, 6.45) is 1.87. The highest BCUT2D eigenvalue weighted by atomic mass is 35.5. The highest BCUT2D eigenvalue weighted by molar-refractivity contribution is 6.30. The number of morpholine rings is 1. The van der Waals surface area contributed by atoms with Crippen molar-refractivity contribution < 1.29 is 14.6 Å². The number of carbonyl (C=O) groups is 1. The Bertz CT molecular complexity index is 493. The van der Waals surface area contributed by atoms with Crippen LogP contribution < -0.4 is 5.32 Å². The third-order valence-electron chi connectivity index (χ3n) is 3.93. The molecule has 128 valence electrons. The van der Waals surface area contributed by atoms with Gasteiger partial charge in [-0.3, -0.25) is 0 Å². The van der Waals surface area contributed by atoms with Crippen LogP contribution in [0, 0.1) is 0 Å². The second kappa shape index (κ2) is 9.11. The number of rotatable bonds is 6. The number of aryl methyl sites for hydroxylation is 1. The maximum Gasteiger partial charge on any atom is 0.317 e. The molecule has 0 aromatic heterocycles. The quantitative estimate of drug-likeness (QED) is 0.782. The van der Waals surface area contributed by atoms with E-state index in [9.17, 15) is 9.90 Å². The summed E-state index contributed by atoms with van der Waals surface area (Å²) in [5, 5.41) is 13.2. The fourth-order valence-electron chi connectivity index (χ4n) is 2.75. The molecule has 2 atom stereocenters. The van der Waals surface area contributed by atoms with Crippen LogP contribution in [0.4, 0.5) is 4.79 Å². The molecule has 2 rings (SSSR count). The fraction of sp³-hybridized carbons (Fsp3) is 0.588. The molecule has 1 aromatic carbocycles. The monoisotopic (exact) mass is 340 g/mol. The van der Waals surface area contributed by atoms with Crippen LogP contribution in [0.15, 0.2) is 24.3 Å². The first-order chi connectivity index (χ1) is 11.1. The highest BCUT2D eigenvalue weighted by Crippen LogP contribution is 2.13. The van der Waals surface area contributed by atoms with Crippen LogP contribution in [-0.4, -0.2) is 54.5 Å². The predicted octanol–water partition coefficient (Wildman–Crippen LogP) is 2.45. The molecule has 1 saturated heterocycles. The zero-order chi connectivity index (χ0) is 16.7. The van der Waals surface area contributed by atoms with E-state index in [0.717, 1.165) is 17.9 Å². The molecule has 1 aliphatic heterocycles. The molecule has 1 aliphatic rings. The molecular weight excluding hydrogens is 316 g/mol. The normalized spacial score (nSPS) is 19.4. The van der Waals surface area contributed by atoms with E-state index in [2.05, 4.69) is 5.32 Å². The van der Waals surface area contributed by atoms with Crippen molar-refractivity contribution in [2.45, 2.75) is 38.3 Å². The first kappa shape index (κ1) is 18.0.